The third kappa shape index (κ3) is 3.95. The Labute approximate surface area is 178 Å². The molecule has 0 aliphatic heterocycles. The number of H-pyrrole nitrogens is 1. The fraction of sp³-hybridized carbons (Fsp3) is 0.227. The van der Waals surface area contributed by atoms with Crippen LogP contribution in [-0.4, -0.2) is 31.3 Å². The van der Waals surface area contributed by atoms with Crippen LogP contribution >= 0.6 is 23.4 Å². The predicted octanol–water partition coefficient (Wildman–Crippen LogP) is 5.78. The van der Waals surface area contributed by atoms with Crippen molar-refractivity contribution in [1.82, 2.24) is 19.7 Å². The Morgan fingerprint density at radius 3 is 2.55 bits per heavy atom. The maximum absolute atomic E-state index is 12.4. The van der Waals surface area contributed by atoms with Crippen molar-refractivity contribution >= 4 is 40.0 Å². The topological polar surface area (TPSA) is 63.6 Å². The zero-order valence-corrected chi connectivity index (χ0v) is 18.0. The van der Waals surface area contributed by atoms with E-state index >= 15 is 0 Å². The van der Waals surface area contributed by atoms with Gasteiger partial charge in [0.25, 0.3) is 0 Å². The minimum Gasteiger partial charge on any atom is -0.360 e. The molecule has 0 atom stereocenters. The summed E-state index contributed by atoms with van der Waals surface area (Å²) >= 11 is 7.49. The second kappa shape index (κ2) is 7.69. The molecule has 0 amide bonds. The molecule has 0 fully saturated rings. The molecule has 0 radical (unpaired) electrons. The van der Waals surface area contributed by atoms with E-state index in [-0.39, 0.29) is 5.78 Å². The van der Waals surface area contributed by atoms with Gasteiger partial charge in [-0.25, -0.2) is 0 Å². The maximum Gasteiger partial charge on any atom is 0.196 e. The number of nitrogens with zero attached hydrogens (tertiary/aromatic N) is 3. The minimum absolute atomic E-state index is 0.168. The Hall–Kier alpha value is -2.57. The summed E-state index contributed by atoms with van der Waals surface area (Å²) in [5, 5.41) is 11.3. The molecule has 0 spiro atoms. The predicted molar refractivity (Wildman–Crippen MR) is 119 cm³/mol. The van der Waals surface area contributed by atoms with Crippen LogP contribution in [0.4, 0.5) is 0 Å². The smallest absolute Gasteiger partial charge is 0.196 e. The highest BCUT2D eigenvalue weighted by molar-refractivity contribution is 7.99. The van der Waals surface area contributed by atoms with Gasteiger partial charge >= 0.3 is 0 Å². The van der Waals surface area contributed by atoms with Gasteiger partial charge in [0.05, 0.1) is 5.75 Å². The summed E-state index contributed by atoms with van der Waals surface area (Å²) in [6.07, 6.45) is 1.94. The molecule has 5 nitrogen and oxygen atoms in total. The number of hydrogen-bond acceptors (Lipinski definition) is 4. The number of thioether (sulfide) groups is 1. The molecule has 7 heteroatoms. The Kier molecular flexibility index (Phi) is 5.23. The van der Waals surface area contributed by atoms with Gasteiger partial charge in [-0.3, -0.25) is 9.36 Å². The van der Waals surface area contributed by atoms with Crippen LogP contribution in [-0.2, 0) is 4.79 Å². The number of rotatable bonds is 5. The van der Waals surface area contributed by atoms with E-state index in [0.29, 0.717) is 15.9 Å². The number of aromatic amines is 1. The summed E-state index contributed by atoms with van der Waals surface area (Å²) in [7, 11) is 0. The largest absolute Gasteiger partial charge is 0.360 e. The summed E-state index contributed by atoms with van der Waals surface area (Å²) < 4.78 is 1.98. The number of nitrogens with one attached hydrogen (secondary N) is 1. The van der Waals surface area contributed by atoms with E-state index in [4.69, 9.17) is 11.6 Å². The second-order valence-electron chi connectivity index (χ2n) is 7.83. The lowest BCUT2D eigenvalue weighted by Gasteiger charge is -2.16. The zero-order valence-electron chi connectivity index (χ0n) is 16.4. The zero-order chi connectivity index (χ0) is 20.6. The molecule has 0 saturated carbocycles. The van der Waals surface area contributed by atoms with Crippen molar-refractivity contribution in [2.75, 3.05) is 5.75 Å². The number of hydrogen-bond donors (Lipinski definition) is 1. The first kappa shape index (κ1) is 19.7. The monoisotopic (exact) mass is 424 g/mol. The number of benzene rings is 2. The first-order valence-corrected chi connectivity index (χ1v) is 10.6. The van der Waals surface area contributed by atoms with Gasteiger partial charge in [-0.05, 0) is 30.3 Å². The third-order valence-electron chi connectivity index (χ3n) is 4.72. The van der Waals surface area contributed by atoms with Gasteiger partial charge < -0.3 is 4.98 Å². The molecule has 2 aromatic heterocycles. The summed E-state index contributed by atoms with van der Waals surface area (Å²) in [4.78, 5) is 15.7. The molecule has 4 aromatic rings. The third-order valence-corrected chi connectivity index (χ3v) is 5.90. The molecule has 29 heavy (non-hydrogen) atoms. The average molecular weight is 425 g/mol. The van der Waals surface area contributed by atoms with Crippen molar-refractivity contribution in [3.63, 3.8) is 0 Å². The van der Waals surface area contributed by atoms with Gasteiger partial charge in [-0.2, -0.15) is 0 Å². The number of para-hydroxylation sites is 1. The summed E-state index contributed by atoms with van der Waals surface area (Å²) in [6.45, 7) is 5.78. The molecule has 0 bridgehead atoms. The SMILES string of the molecule is CC(C)(C)C(=O)CSc1nnc(-c2c[nH]c3ccccc23)n1-c1ccc(Cl)cc1. The number of aromatic nitrogens is 4. The van der Waals surface area contributed by atoms with Gasteiger partial charge in [0.15, 0.2) is 11.0 Å². The molecular weight excluding hydrogens is 404 g/mol. The van der Waals surface area contributed by atoms with E-state index in [2.05, 4.69) is 21.2 Å². The lowest BCUT2D eigenvalue weighted by atomic mass is 9.92. The number of carbonyl (C=O) groups excluding carboxylic acids is 1. The Morgan fingerprint density at radius 1 is 1.10 bits per heavy atom. The Bertz CT molecular complexity index is 1170. The molecule has 0 aliphatic carbocycles. The number of ketones is 1. The number of carbonyl (C=O) groups is 1. The standard InChI is InChI=1S/C22H21ClN4OS/c1-22(2,3)19(28)13-29-21-26-25-20(27(21)15-10-8-14(23)9-11-15)17-12-24-18-7-5-4-6-16(17)18/h4-12,24H,13H2,1-3H3. The van der Waals surface area contributed by atoms with Crippen LogP contribution in [0, 0.1) is 5.41 Å². The normalized spacial score (nSPS) is 11.9. The first-order chi connectivity index (χ1) is 13.8. The summed E-state index contributed by atoms with van der Waals surface area (Å²) in [5.74, 6) is 1.22. The summed E-state index contributed by atoms with van der Waals surface area (Å²) in [5.41, 5.74) is 2.49. The highest BCUT2D eigenvalue weighted by Crippen LogP contribution is 2.33. The maximum atomic E-state index is 12.4. The van der Waals surface area contributed by atoms with Crippen molar-refractivity contribution in [2.24, 2.45) is 5.41 Å². The van der Waals surface area contributed by atoms with Gasteiger partial charge in [0, 0.05) is 38.8 Å². The fourth-order valence-electron chi connectivity index (χ4n) is 2.96. The van der Waals surface area contributed by atoms with Crippen molar-refractivity contribution in [1.29, 1.82) is 0 Å². The van der Waals surface area contributed by atoms with Crippen molar-refractivity contribution in [3.8, 4) is 17.1 Å². The van der Waals surface area contributed by atoms with E-state index in [1.165, 1.54) is 11.8 Å². The highest BCUT2D eigenvalue weighted by Gasteiger charge is 2.24. The van der Waals surface area contributed by atoms with Gasteiger partial charge in [-0.1, -0.05) is 62.3 Å². The lowest BCUT2D eigenvalue weighted by molar-refractivity contribution is -0.123. The van der Waals surface area contributed by atoms with Crippen LogP contribution in [0.2, 0.25) is 5.02 Å². The van der Waals surface area contributed by atoms with Crippen LogP contribution in [0.15, 0.2) is 59.9 Å². The van der Waals surface area contributed by atoms with Crippen LogP contribution in [0.3, 0.4) is 0 Å². The quantitative estimate of drug-likeness (QED) is 0.412. The van der Waals surface area contributed by atoms with E-state index < -0.39 is 5.41 Å². The first-order valence-electron chi connectivity index (χ1n) is 9.28. The summed E-state index contributed by atoms with van der Waals surface area (Å²) in [6, 6.07) is 15.6. The van der Waals surface area contributed by atoms with Crippen molar-refractivity contribution < 1.29 is 4.79 Å². The molecule has 4 rings (SSSR count). The molecule has 0 saturated heterocycles. The molecular formula is C22H21ClN4OS. The molecule has 148 valence electrons. The molecule has 0 aliphatic rings. The van der Waals surface area contributed by atoms with Gasteiger partial charge in [-0.15, -0.1) is 10.2 Å². The van der Waals surface area contributed by atoms with Crippen LogP contribution in [0.1, 0.15) is 20.8 Å². The van der Waals surface area contributed by atoms with Gasteiger partial charge in [0.2, 0.25) is 0 Å². The molecule has 2 heterocycles. The van der Waals surface area contributed by atoms with Gasteiger partial charge in [0.1, 0.15) is 5.78 Å². The fourth-order valence-corrected chi connectivity index (χ4v) is 4.20. The highest BCUT2D eigenvalue weighted by atomic mass is 35.5. The van der Waals surface area contributed by atoms with Crippen molar-refractivity contribution in [3.05, 3.63) is 59.8 Å². The van der Waals surface area contributed by atoms with E-state index in [1.54, 1.807) is 0 Å². The van der Waals surface area contributed by atoms with Crippen LogP contribution in [0.5, 0.6) is 0 Å². The molecule has 2 aromatic carbocycles. The van der Waals surface area contributed by atoms with Crippen LogP contribution in [0.25, 0.3) is 28.0 Å². The van der Waals surface area contributed by atoms with E-state index in [9.17, 15) is 4.79 Å². The molecule has 0 unspecified atom stereocenters. The Balaban J connectivity index is 1.81. The van der Waals surface area contributed by atoms with E-state index in [1.807, 2.05) is 74.0 Å². The van der Waals surface area contributed by atoms with E-state index in [0.717, 1.165) is 28.0 Å². The second-order valence-corrected chi connectivity index (χ2v) is 9.21. The number of fused-ring (bicyclic) bond motifs is 1. The van der Waals surface area contributed by atoms with Crippen molar-refractivity contribution in [2.45, 2.75) is 25.9 Å². The average Bonchev–Trinajstić information content (AvgIpc) is 3.29. The Morgan fingerprint density at radius 2 is 1.83 bits per heavy atom. The number of Topliss-reactive ketones (excluding diaryl/α,β-unsaturated/α-hetero) is 1. The number of halogens is 1. The lowest BCUT2D eigenvalue weighted by Crippen LogP contribution is -2.22. The molecule has 1 N–H and O–H groups in total. The van der Waals surface area contributed by atoms with Crippen LogP contribution < -0.4 is 0 Å². The minimum atomic E-state index is -0.391.